The van der Waals surface area contributed by atoms with Crippen LogP contribution < -0.4 is 5.73 Å². The topological polar surface area (TPSA) is 231 Å². The van der Waals surface area contributed by atoms with E-state index in [0.29, 0.717) is 0 Å². The molecule has 6 atom stereocenters. The Labute approximate surface area is 181 Å². The van der Waals surface area contributed by atoms with Crippen LogP contribution in [0.15, 0.2) is 29.7 Å². The van der Waals surface area contributed by atoms with Crippen LogP contribution in [0, 0.1) is 0 Å². The molecule has 0 bridgehead atoms. The molecule has 32 heavy (non-hydrogen) atoms. The maximum atomic E-state index is 15.0. The molecule has 0 aliphatic carbocycles. The van der Waals surface area contributed by atoms with Crippen LogP contribution in [0.5, 0.6) is 0 Å². The third-order valence-corrected chi connectivity index (χ3v) is 8.05. The van der Waals surface area contributed by atoms with Gasteiger partial charge in [-0.1, -0.05) is 19.9 Å². The number of halogens is 1. The summed E-state index contributed by atoms with van der Waals surface area (Å²) < 4.78 is 66.6. The monoisotopic (exact) mass is 525 g/mol. The number of hydrogen-bond donors (Lipinski definition) is 6. The van der Waals surface area contributed by atoms with E-state index in [-0.39, 0.29) is 24.5 Å². The average molecular weight is 525 g/mol. The molecule has 1 fully saturated rings. The second-order valence-electron chi connectivity index (χ2n) is 6.75. The van der Waals surface area contributed by atoms with E-state index in [2.05, 4.69) is 24.7 Å². The van der Waals surface area contributed by atoms with Crippen molar-refractivity contribution in [3.8, 4) is 0 Å². The van der Waals surface area contributed by atoms with Crippen molar-refractivity contribution in [3.05, 3.63) is 24.7 Å². The van der Waals surface area contributed by atoms with E-state index < -0.39 is 54.2 Å². The van der Waals surface area contributed by atoms with E-state index in [9.17, 15) is 33.0 Å². The van der Waals surface area contributed by atoms with Gasteiger partial charge in [0.05, 0.1) is 6.61 Å². The molecular formula is C13H23FN3O12P3. The molecule has 0 aromatic heterocycles. The fourth-order valence-corrected chi connectivity index (χ4v) is 6.14. The molecule has 184 valence electrons. The summed E-state index contributed by atoms with van der Waals surface area (Å²) in [4.78, 5) is 41.0. The third-order valence-electron chi connectivity index (χ3n) is 4.27. The van der Waals surface area contributed by atoms with Crippen LogP contribution in [0.1, 0.15) is 19.8 Å². The highest BCUT2D eigenvalue weighted by atomic mass is 31.3. The molecule has 0 spiro atoms. The van der Waals surface area contributed by atoms with Crippen LogP contribution in [-0.4, -0.2) is 66.1 Å². The predicted octanol–water partition coefficient (Wildman–Crippen LogP) is 0.582. The number of ether oxygens (including phenoxy) is 1. The Kier molecular flexibility index (Phi) is 8.27. The van der Waals surface area contributed by atoms with Gasteiger partial charge in [0.25, 0.3) is 0 Å². The number of aliphatic hydroxyl groups excluding tert-OH is 1. The van der Waals surface area contributed by atoms with Crippen molar-refractivity contribution in [2.45, 2.75) is 43.9 Å². The minimum absolute atomic E-state index is 0.00923. The molecule has 2 heterocycles. The van der Waals surface area contributed by atoms with Crippen LogP contribution in [0.4, 0.5) is 4.39 Å². The molecule has 2 aliphatic rings. The van der Waals surface area contributed by atoms with Crippen molar-refractivity contribution in [2.75, 3.05) is 6.61 Å². The Bertz CT molecular complexity index is 940. The minimum atomic E-state index is -5.74. The van der Waals surface area contributed by atoms with Gasteiger partial charge in [-0.3, -0.25) is 4.52 Å². The van der Waals surface area contributed by atoms with Gasteiger partial charge in [-0.05, 0) is 12.5 Å². The summed E-state index contributed by atoms with van der Waals surface area (Å²) in [6.07, 6.45) is -2.66. The minimum Gasteiger partial charge on any atom is -0.387 e. The summed E-state index contributed by atoms with van der Waals surface area (Å²) in [7, 11) is -16.8. The molecule has 19 heteroatoms. The SMILES string of the molecule is C=C1N=C(N)C=CN1[C@@H]1O[C@](CCC)(COP(=O)(O)OP(=O)(O)OP(=O)(O)O)[C@@H](O)[C@H]1F. The Morgan fingerprint density at radius 3 is 2.44 bits per heavy atom. The Morgan fingerprint density at radius 2 is 1.91 bits per heavy atom. The number of nitrogens with zero attached hydrogens (tertiary/aromatic N) is 2. The molecule has 2 unspecified atom stereocenters. The Hall–Kier alpha value is -0.990. The number of phosphoric acid groups is 3. The molecule has 2 rings (SSSR count). The van der Waals surface area contributed by atoms with Crippen molar-refractivity contribution in [3.63, 3.8) is 0 Å². The lowest BCUT2D eigenvalue weighted by molar-refractivity contribution is -0.136. The summed E-state index contributed by atoms with van der Waals surface area (Å²) in [5, 5.41) is 10.5. The highest BCUT2D eigenvalue weighted by molar-refractivity contribution is 7.66. The standard InChI is InChI=1S/C13H23FN3O12P3/c1-3-5-13(7-26-31(22,23)29-32(24,25)28-30(19,20)21)11(18)10(14)12(27-13)17-6-4-9(15)16-8(17)2/h4,6,10-12,18H,2-3,5,7H2,1H3,(H2,15,16)(H,22,23)(H,24,25)(H2,19,20,21)/t10-,11+,12-,13-/m1/s1. The lowest BCUT2D eigenvalue weighted by Gasteiger charge is -2.33. The highest BCUT2D eigenvalue weighted by Crippen LogP contribution is 2.66. The summed E-state index contributed by atoms with van der Waals surface area (Å²) in [5.41, 5.74) is 3.60. The van der Waals surface area contributed by atoms with Crippen LogP contribution in [0.2, 0.25) is 0 Å². The largest absolute Gasteiger partial charge is 0.490 e. The molecule has 1 saturated heterocycles. The van der Waals surface area contributed by atoms with Gasteiger partial charge >= 0.3 is 23.5 Å². The number of hydrogen-bond acceptors (Lipinski definition) is 11. The highest BCUT2D eigenvalue weighted by Gasteiger charge is 2.57. The number of alkyl halides is 1. The number of phosphoric ester groups is 1. The zero-order valence-corrected chi connectivity index (χ0v) is 19.2. The first-order valence-corrected chi connectivity index (χ1v) is 13.3. The van der Waals surface area contributed by atoms with Crippen molar-refractivity contribution in [2.24, 2.45) is 10.7 Å². The van der Waals surface area contributed by atoms with Crippen molar-refractivity contribution in [1.82, 2.24) is 4.90 Å². The van der Waals surface area contributed by atoms with E-state index in [4.69, 9.17) is 20.3 Å². The second-order valence-corrected chi connectivity index (χ2v) is 11.2. The molecule has 0 saturated carbocycles. The first-order chi connectivity index (χ1) is 14.5. The number of nitrogens with two attached hydrogens (primary N) is 1. The van der Waals surface area contributed by atoms with Gasteiger partial charge in [-0.2, -0.15) is 8.62 Å². The predicted molar refractivity (Wildman–Crippen MR) is 105 cm³/mol. The van der Waals surface area contributed by atoms with Crippen molar-refractivity contribution < 1.29 is 60.6 Å². The second kappa shape index (κ2) is 9.71. The Morgan fingerprint density at radius 1 is 1.28 bits per heavy atom. The van der Waals surface area contributed by atoms with Crippen molar-refractivity contribution >= 4 is 29.3 Å². The molecule has 7 N–H and O–H groups in total. The maximum absolute atomic E-state index is 15.0. The average Bonchev–Trinajstić information content (AvgIpc) is 2.83. The lowest BCUT2D eigenvalue weighted by atomic mass is 9.92. The number of rotatable bonds is 10. The summed E-state index contributed by atoms with van der Waals surface area (Å²) >= 11 is 0. The van der Waals surface area contributed by atoms with Gasteiger partial charge in [-0.15, -0.1) is 0 Å². The number of amidine groups is 1. The molecular weight excluding hydrogens is 502 g/mol. The third kappa shape index (κ3) is 6.76. The number of aliphatic imine (C=N–C) groups is 1. The summed E-state index contributed by atoms with van der Waals surface area (Å²) in [6.45, 7) is 4.22. The molecule has 0 radical (unpaired) electrons. The lowest BCUT2D eigenvalue weighted by Crippen LogP contribution is -2.46. The zero-order chi connectivity index (χ0) is 24.5. The first-order valence-electron chi connectivity index (χ1n) is 8.79. The summed E-state index contributed by atoms with van der Waals surface area (Å²) in [6, 6.07) is 0. The normalized spacial score (nSPS) is 32.5. The molecule has 0 aromatic rings. The summed E-state index contributed by atoms with van der Waals surface area (Å²) in [5.74, 6) is 0.0812. The van der Waals surface area contributed by atoms with Crippen LogP contribution >= 0.6 is 23.5 Å². The van der Waals surface area contributed by atoms with Crippen molar-refractivity contribution in [1.29, 1.82) is 0 Å². The smallest absolute Gasteiger partial charge is 0.387 e. The number of aliphatic hydroxyl groups is 1. The first kappa shape index (κ1) is 27.3. The Balaban J connectivity index is 2.19. The molecule has 15 nitrogen and oxygen atoms in total. The van der Waals surface area contributed by atoms with Crippen LogP contribution in [-0.2, 0) is 31.6 Å². The van der Waals surface area contributed by atoms with Gasteiger partial charge in [0.2, 0.25) is 0 Å². The molecule has 2 aliphatic heterocycles. The van der Waals surface area contributed by atoms with Crippen LogP contribution in [0.3, 0.4) is 0 Å². The van der Waals surface area contributed by atoms with E-state index in [1.807, 2.05) is 0 Å². The van der Waals surface area contributed by atoms with E-state index >= 15 is 0 Å². The van der Waals surface area contributed by atoms with Gasteiger partial charge < -0.3 is 40.1 Å². The fraction of sp³-hybridized carbons (Fsp3) is 0.615. The van der Waals surface area contributed by atoms with Gasteiger partial charge in [0.15, 0.2) is 12.4 Å². The van der Waals surface area contributed by atoms with E-state index in [0.717, 1.165) is 4.90 Å². The zero-order valence-electron chi connectivity index (χ0n) is 16.5. The van der Waals surface area contributed by atoms with E-state index in [1.165, 1.54) is 12.3 Å². The van der Waals surface area contributed by atoms with E-state index in [1.54, 1.807) is 6.92 Å². The van der Waals surface area contributed by atoms with Gasteiger partial charge in [0, 0.05) is 6.20 Å². The van der Waals surface area contributed by atoms with Gasteiger partial charge in [0.1, 0.15) is 23.4 Å². The molecule has 0 aromatic carbocycles. The fourth-order valence-electron chi connectivity index (χ4n) is 3.07. The quantitative estimate of drug-likeness (QED) is 0.214. The van der Waals surface area contributed by atoms with Crippen LogP contribution in [0.25, 0.3) is 0 Å². The van der Waals surface area contributed by atoms with Gasteiger partial charge in [-0.25, -0.2) is 23.1 Å². The molecule has 0 amide bonds. The maximum Gasteiger partial charge on any atom is 0.490 e.